The van der Waals surface area contributed by atoms with Gasteiger partial charge in [0.05, 0.1) is 6.42 Å². The Bertz CT molecular complexity index is 656. The van der Waals surface area contributed by atoms with Crippen LogP contribution in [0.25, 0.3) is 0 Å². The van der Waals surface area contributed by atoms with Crippen LogP contribution in [0.1, 0.15) is 5.56 Å². The molecule has 1 aliphatic heterocycles. The molecular formula is C17H16ClNO3. The fourth-order valence-electron chi connectivity index (χ4n) is 2.10. The zero-order chi connectivity index (χ0) is 15.4. The smallest absolute Gasteiger partial charge is 0.315 e. The second-order valence-corrected chi connectivity index (χ2v) is 5.56. The molecule has 5 heteroatoms. The number of carbonyl (C=O) groups excluding carboxylic acids is 1. The van der Waals surface area contributed by atoms with E-state index >= 15 is 0 Å². The van der Waals surface area contributed by atoms with Gasteiger partial charge >= 0.3 is 5.97 Å². The number of nitrogens with one attached hydrogen (secondary N) is 1. The minimum Gasteiger partial charge on any atom is -0.484 e. The topological polar surface area (TPSA) is 47.6 Å². The van der Waals surface area contributed by atoms with E-state index < -0.39 is 0 Å². The van der Waals surface area contributed by atoms with Gasteiger partial charge in [-0.05, 0) is 17.7 Å². The molecule has 114 valence electrons. The number of ether oxygens (including phenoxy) is 2. The van der Waals surface area contributed by atoms with Crippen molar-refractivity contribution in [3.05, 3.63) is 59.1 Å². The van der Waals surface area contributed by atoms with Crippen LogP contribution in [0.2, 0.25) is 5.02 Å². The summed E-state index contributed by atoms with van der Waals surface area (Å²) in [7, 11) is 0. The molecule has 1 saturated heterocycles. The lowest BCUT2D eigenvalue weighted by molar-refractivity contribution is -0.133. The van der Waals surface area contributed by atoms with Crippen LogP contribution >= 0.6 is 11.6 Å². The zero-order valence-electron chi connectivity index (χ0n) is 11.9. The number of hydrogen-bond acceptors (Lipinski definition) is 4. The van der Waals surface area contributed by atoms with Gasteiger partial charge in [0.15, 0.2) is 11.5 Å². The Morgan fingerprint density at radius 1 is 1.14 bits per heavy atom. The molecule has 0 aromatic heterocycles. The highest BCUT2D eigenvalue weighted by atomic mass is 35.5. The summed E-state index contributed by atoms with van der Waals surface area (Å²) in [6.07, 6.45) is 0.304. The first kappa shape index (κ1) is 14.9. The van der Waals surface area contributed by atoms with Gasteiger partial charge in [0.1, 0.15) is 6.10 Å². The molecule has 2 aromatic carbocycles. The summed E-state index contributed by atoms with van der Waals surface area (Å²) in [5.41, 5.74) is 0.909. The van der Waals surface area contributed by atoms with Crippen molar-refractivity contribution in [2.45, 2.75) is 12.5 Å². The first-order valence-corrected chi connectivity index (χ1v) is 7.50. The van der Waals surface area contributed by atoms with Crippen molar-refractivity contribution in [3.8, 4) is 11.5 Å². The van der Waals surface area contributed by atoms with Crippen LogP contribution in [0, 0.1) is 0 Å². The normalized spacial score (nSPS) is 14.2. The molecule has 0 bridgehead atoms. The van der Waals surface area contributed by atoms with Crippen LogP contribution in [-0.4, -0.2) is 25.2 Å². The molecule has 0 amide bonds. The summed E-state index contributed by atoms with van der Waals surface area (Å²) in [6, 6.07) is 14.5. The Morgan fingerprint density at radius 3 is 2.59 bits per heavy atom. The molecule has 22 heavy (non-hydrogen) atoms. The molecule has 3 rings (SSSR count). The summed E-state index contributed by atoms with van der Waals surface area (Å²) >= 11 is 5.99. The lowest BCUT2D eigenvalue weighted by Gasteiger charge is -2.28. The molecule has 0 unspecified atom stereocenters. The number of benzene rings is 2. The summed E-state index contributed by atoms with van der Waals surface area (Å²) in [6.45, 7) is 1.56. The van der Waals surface area contributed by atoms with Gasteiger partial charge < -0.3 is 14.8 Å². The molecular weight excluding hydrogens is 302 g/mol. The Hall–Kier alpha value is -2.04. The van der Waals surface area contributed by atoms with Gasteiger partial charge in [-0.15, -0.1) is 0 Å². The molecule has 0 spiro atoms. The lowest BCUT2D eigenvalue weighted by Crippen LogP contribution is -2.50. The van der Waals surface area contributed by atoms with Crippen LogP contribution < -0.4 is 14.8 Å². The van der Waals surface area contributed by atoms with E-state index in [1.165, 1.54) is 0 Å². The monoisotopic (exact) mass is 317 g/mol. The largest absolute Gasteiger partial charge is 0.484 e. The van der Waals surface area contributed by atoms with Crippen LogP contribution in [0.15, 0.2) is 48.5 Å². The number of rotatable bonds is 5. The second-order valence-electron chi connectivity index (χ2n) is 5.13. The van der Waals surface area contributed by atoms with Crippen molar-refractivity contribution in [2.24, 2.45) is 0 Å². The first-order chi connectivity index (χ1) is 10.7. The third-order valence-electron chi connectivity index (χ3n) is 3.36. The predicted octanol–water partition coefficient (Wildman–Crippen LogP) is 2.84. The molecule has 1 fully saturated rings. The maximum atomic E-state index is 12.1. The molecule has 1 N–H and O–H groups in total. The van der Waals surface area contributed by atoms with E-state index in [0.29, 0.717) is 16.5 Å². The van der Waals surface area contributed by atoms with Crippen molar-refractivity contribution in [1.29, 1.82) is 0 Å². The summed E-state index contributed by atoms with van der Waals surface area (Å²) < 4.78 is 11.2. The predicted molar refractivity (Wildman–Crippen MR) is 84.5 cm³/mol. The Labute approximate surface area is 134 Å². The minimum absolute atomic E-state index is 0.0880. The minimum atomic E-state index is -0.329. The summed E-state index contributed by atoms with van der Waals surface area (Å²) in [5.74, 6) is 0.572. The quantitative estimate of drug-likeness (QED) is 0.680. The van der Waals surface area contributed by atoms with Crippen molar-refractivity contribution in [1.82, 2.24) is 5.32 Å². The number of carbonyl (C=O) groups is 1. The standard InChI is InChI=1S/C17H16ClNO3/c18-13-6-7-15(16(9-13)21-14-10-19-11-14)22-17(20)8-12-4-2-1-3-5-12/h1-7,9,14,19H,8,10-11H2. The fraction of sp³-hybridized carbons (Fsp3) is 0.235. The van der Waals surface area contributed by atoms with Crippen LogP contribution in [0.4, 0.5) is 0 Å². The van der Waals surface area contributed by atoms with Crippen molar-refractivity contribution < 1.29 is 14.3 Å². The van der Waals surface area contributed by atoms with Gasteiger partial charge in [0.2, 0.25) is 0 Å². The average molecular weight is 318 g/mol. The van der Waals surface area contributed by atoms with Gasteiger partial charge in [-0.3, -0.25) is 4.79 Å². The van der Waals surface area contributed by atoms with E-state index in [4.69, 9.17) is 21.1 Å². The van der Waals surface area contributed by atoms with E-state index in [2.05, 4.69) is 5.32 Å². The summed E-state index contributed by atoms with van der Waals surface area (Å²) in [5, 5.41) is 3.67. The number of esters is 1. The molecule has 0 atom stereocenters. The average Bonchev–Trinajstić information content (AvgIpc) is 2.46. The van der Waals surface area contributed by atoms with E-state index in [0.717, 1.165) is 18.7 Å². The first-order valence-electron chi connectivity index (χ1n) is 7.12. The third kappa shape index (κ3) is 3.78. The summed E-state index contributed by atoms with van der Waals surface area (Å²) in [4.78, 5) is 12.1. The van der Waals surface area contributed by atoms with Crippen molar-refractivity contribution in [3.63, 3.8) is 0 Å². The maximum Gasteiger partial charge on any atom is 0.315 e. The van der Waals surface area contributed by atoms with E-state index in [9.17, 15) is 4.79 Å². The van der Waals surface area contributed by atoms with E-state index in [-0.39, 0.29) is 18.5 Å². The molecule has 0 aliphatic carbocycles. The molecule has 1 heterocycles. The van der Waals surface area contributed by atoms with Crippen LogP contribution in [-0.2, 0) is 11.2 Å². The molecule has 0 radical (unpaired) electrons. The highest BCUT2D eigenvalue weighted by molar-refractivity contribution is 6.30. The number of halogens is 1. The van der Waals surface area contributed by atoms with Crippen LogP contribution in [0.5, 0.6) is 11.5 Å². The number of hydrogen-bond donors (Lipinski definition) is 1. The SMILES string of the molecule is O=C(Cc1ccccc1)Oc1ccc(Cl)cc1OC1CNC1. The lowest BCUT2D eigenvalue weighted by atomic mass is 10.1. The zero-order valence-corrected chi connectivity index (χ0v) is 12.7. The molecule has 1 aliphatic rings. The van der Waals surface area contributed by atoms with E-state index in [1.54, 1.807) is 18.2 Å². The molecule has 0 saturated carbocycles. The van der Waals surface area contributed by atoms with Crippen molar-refractivity contribution in [2.75, 3.05) is 13.1 Å². The second kappa shape index (κ2) is 6.81. The van der Waals surface area contributed by atoms with Gasteiger partial charge in [-0.2, -0.15) is 0 Å². The Balaban J connectivity index is 1.69. The van der Waals surface area contributed by atoms with E-state index in [1.807, 2.05) is 30.3 Å². The molecule has 2 aromatic rings. The highest BCUT2D eigenvalue weighted by Gasteiger charge is 2.21. The maximum absolute atomic E-state index is 12.1. The molecule has 4 nitrogen and oxygen atoms in total. The highest BCUT2D eigenvalue weighted by Crippen LogP contribution is 2.32. The third-order valence-corrected chi connectivity index (χ3v) is 3.59. The van der Waals surface area contributed by atoms with Gasteiger partial charge in [-0.1, -0.05) is 41.9 Å². The fourth-order valence-corrected chi connectivity index (χ4v) is 2.27. The van der Waals surface area contributed by atoms with Gasteiger partial charge in [0, 0.05) is 24.2 Å². The Kier molecular flexibility index (Phi) is 4.61. The van der Waals surface area contributed by atoms with Gasteiger partial charge in [-0.25, -0.2) is 0 Å². The van der Waals surface area contributed by atoms with Crippen LogP contribution in [0.3, 0.4) is 0 Å². The Morgan fingerprint density at radius 2 is 1.91 bits per heavy atom. The van der Waals surface area contributed by atoms with Crippen molar-refractivity contribution >= 4 is 17.6 Å². The van der Waals surface area contributed by atoms with Gasteiger partial charge in [0.25, 0.3) is 0 Å².